The molecule has 0 spiro atoms. The maximum Gasteiger partial charge on any atom is 0.258 e. The predicted octanol–water partition coefficient (Wildman–Crippen LogP) is 2.68. The summed E-state index contributed by atoms with van der Waals surface area (Å²) in [5.41, 5.74) is 1.32. The number of benzene rings is 2. The lowest BCUT2D eigenvalue weighted by atomic mass is 10.1. The number of aromatic nitrogens is 2. The topological polar surface area (TPSA) is 84.5 Å². The fraction of sp³-hybridized carbons (Fsp3) is 0.348. The third-order valence-corrected chi connectivity index (χ3v) is 5.32. The Balaban J connectivity index is 1.55. The van der Waals surface area contributed by atoms with E-state index in [4.69, 9.17) is 9.47 Å². The van der Waals surface area contributed by atoms with Crippen molar-refractivity contribution in [2.45, 2.75) is 31.9 Å². The molecule has 4 rings (SSSR count). The molecule has 1 atom stereocenters. The molecule has 2 heterocycles. The molecule has 1 amide bonds. The number of hydrogen-bond donors (Lipinski definition) is 1. The number of carbonyl (C=O) groups excluding carboxylic acids is 1. The van der Waals surface area contributed by atoms with Gasteiger partial charge in [-0.1, -0.05) is 24.3 Å². The van der Waals surface area contributed by atoms with E-state index in [-0.39, 0.29) is 30.5 Å². The molecular weight excluding hydrogens is 382 g/mol. The molecule has 0 unspecified atom stereocenters. The zero-order chi connectivity index (χ0) is 20.9. The molecule has 0 radical (unpaired) electrons. The van der Waals surface area contributed by atoms with Gasteiger partial charge in [0.25, 0.3) is 5.56 Å². The molecule has 0 saturated carbocycles. The first-order valence-electron chi connectivity index (χ1n) is 10.1. The average molecular weight is 407 g/mol. The normalized spacial score (nSPS) is 16.0. The second-order valence-electron chi connectivity index (χ2n) is 7.46. The lowest BCUT2D eigenvalue weighted by molar-refractivity contribution is -0.132. The molecular formula is C23H25N3O4. The molecule has 7 nitrogen and oxygen atoms in total. The van der Waals surface area contributed by atoms with Gasteiger partial charge in [0.05, 0.1) is 37.1 Å². The molecule has 2 aromatic carbocycles. The van der Waals surface area contributed by atoms with Crippen LogP contribution in [0.3, 0.4) is 0 Å². The quantitative estimate of drug-likeness (QED) is 0.651. The van der Waals surface area contributed by atoms with Gasteiger partial charge in [-0.15, -0.1) is 0 Å². The summed E-state index contributed by atoms with van der Waals surface area (Å²) in [4.78, 5) is 34.6. The van der Waals surface area contributed by atoms with Gasteiger partial charge in [-0.05, 0) is 42.7 Å². The second kappa shape index (κ2) is 9.09. The van der Waals surface area contributed by atoms with E-state index in [2.05, 4.69) is 9.97 Å². The summed E-state index contributed by atoms with van der Waals surface area (Å²) < 4.78 is 10.9. The van der Waals surface area contributed by atoms with Crippen molar-refractivity contribution in [3.63, 3.8) is 0 Å². The minimum atomic E-state index is -0.199. The fourth-order valence-corrected chi connectivity index (χ4v) is 3.71. The van der Waals surface area contributed by atoms with Gasteiger partial charge in [0.1, 0.15) is 11.6 Å². The van der Waals surface area contributed by atoms with Crippen LogP contribution in [0.25, 0.3) is 10.9 Å². The van der Waals surface area contributed by atoms with E-state index in [0.717, 1.165) is 30.8 Å². The highest BCUT2D eigenvalue weighted by Gasteiger charge is 2.24. The van der Waals surface area contributed by atoms with Gasteiger partial charge in [-0.3, -0.25) is 9.59 Å². The summed E-state index contributed by atoms with van der Waals surface area (Å²) in [5.74, 6) is 1.19. The third-order valence-electron chi connectivity index (χ3n) is 5.32. The second-order valence-corrected chi connectivity index (χ2v) is 7.46. The number of aromatic amines is 1. The lowest BCUT2D eigenvalue weighted by Crippen LogP contribution is -2.38. The van der Waals surface area contributed by atoms with E-state index in [1.54, 1.807) is 30.2 Å². The van der Waals surface area contributed by atoms with Crippen LogP contribution in [0.15, 0.2) is 53.3 Å². The highest BCUT2D eigenvalue weighted by Crippen LogP contribution is 2.17. The minimum Gasteiger partial charge on any atom is -0.497 e. The molecule has 3 aromatic rings. The van der Waals surface area contributed by atoms with Crippen LogP contribution < -0.4 is 10.3 Å². The smallest absolute Gasteiger partial charge is 0.258 e. The standard InChI is InChI=1S/C23H25N3O4/c1-29-17-10-8-16(9-11-17)13-22(27)26(14-18-5-4-12-30-18)15-21-24-20-7-3-2-6-19(20)23(28)25-21/h2-3,6-11,18H,4-5,12-15H2,1H3,(H,24,25,28)/t18-/m0/s1. The molecule has 1 N–H and O–H groups in total. The average Bonchev–Trinajstić information content (AvgIpc) is 3.27. The van der Waals surface area contributed by atoms with Crippen molar-refractivity contribution in [1.29, 1.82) is 0 Å². The Morgan fingerprint density at radius 3 is 2.77 bits per heavy atom. The van der Waals surface area contributed by atoms with Gasteiger partial charge in [0.15, 0.2) is 0 Å². The van der Waals surface area contributed by atoms with Crippen LogP contribution in [0.2, 0.25) is 0 Å². The van der Waals surface area contributed by atoms with E-state index >= 15 is 0 Å². The Bertz CT molecular complexity index is 1070. The highest BCUT2D eigenvalue weighted by molar-refractivity contribution is 5.79. The summed E-state index contributed by atoms with van der Waals surface area (Å²) in [6.45, 7) is 1.43. The molecule has 156 valence electrons. The van der Waals surface area contributed by atoms with Crippen LogP contribution in [0.1, 0.15) is 24.2 Å². The SMILES string of the molecule is COc1ccc(CC(=O)N(Cc2nc3ccccc3c(=O)[nH]2)C[C@@H]2CCCO2)cc1. The zero-order valence-corrected chi connectivity index (χ0v) is 17.0. The number of amides is 1. The number of ether oxygens (including phenoxy) is 2. The van der Waals surface area contributed by atoms with Crippen LogP contribution in [-0.2, 0) is 22.5 Å². The molecule has 1 fully saturated rings. The largest absolute Gasteiger partial charge is 0.497 e. The van der Waals surface area contributed by atoms with Gasteiger partial charge in [0, 0.05) is 13.2 Å². The Morgan fingerprint density at radius 2 is 2.03 bits per heavy atom. The molecule has 1 aromatic heterocycles. The van der Waals surface area contributed by atoms with Crippen molar-refractivity contribution >= 4 is 16.8 Å². The number of H-pyrrole nitrogens is 1. The minimum absolute atomic E-state index is 0.0111. The number of nitrogens with zero attached hydrogens (tertiary/aromatic N) is 2. The summed E-state index contributed by atoms with van der Waals surface area (Å²) >= 11 is 0. The first-order chi connectivity index (χ1) is 14.6. The summed E-state index contributed by atoms with van der Waals surface area (Å²) in [5, 5.41) is 0.538. The van der Waals surface area contributed by atoms with Crippen molar-refractivity contribution in [3.05, 3.63) is 70.3 Å². The number of hydrogen-bond acceptors (Lipinski definition) is 5. The summed E-state index contributed by atoms with van der Waals surface area (Å²) in [6, 6.07) is 14.7. The molecule has 1 saturated heterocycles. The maximum atomic E-state index is 13.1. The van der Waals surface area contributed by atoms with Gasteiger partial charge in [-0.2, -0.15) is 0 Å². The van der Waals surface area contributed by atoms with Gasteiger partial charge >= 0.3 is 0 Å². The zero-order valence-electron chi connectivity index (χ0n) is 17.0. The van der Waals surface area contributed by atoms with Crippen LogP contribution >= 0.6 is 0 Å². The van der Waals surface area contributed by atoms with Crippen LogP contribution in [-0.4, -0.2) is 47.1 Å². The fourth-order valence-electron chi connectivity index (χ4n) is 3.71. The van der Waals surface area contributed by atoms with E-state index in [9.17, 15) is 9.59 Å². The molecule has 0 bridgehead atoms. The molecule has 1 aliphatic rings. The monoisotopic (exact) mass is 407 g/mol. The van der Waals surface area contributed by atoms with Crippen molar-refractivity contribution in [1.82, 2.24) is 14.9 Å². The highest BCUT2D eigenvalue weighted by atomic mass is 16.5. The van der Waals surface area contributed by atoms with Gasteiger partial charge < -0.3 is 19.4 Å². The Morgan fingerprint density at radius 1 is 1.23 bits per heavy atom. The van der Waals surface area contributed by atoms with Crippen LogP contribution in [0.5, 0.6) is 5.75 Å². The summed E-state index contributed by atoms with van der Waals surface area (Å²) in [6.07, 6.45) is 2.19. The van der Waals surface area contributed by atoms with Gasteiger partial charge in [0.2, 0.25) is 5.91 Å². The first kappa shape index (κ1) is 20.1. The Hall–Kier alpha value is -3.19. The van der Waals surface area contributed by atoms with E-state index in [1.165, 1.54) is 0 Å². The molecule has 30 heavy (non-hydrogen) atoms. The van der Waals surface area contributed by atoms with E-state index in [0.29, 0.717) is 23.3 Å². The number of methoxy groups -OCH3 is 1. The van der Waals surface area contributed by atoms with Crippen LogP contribution in [0.4, 0.5) is 0 Å². The van der Waals surface area contributed by atoms with E-state index in [1.807, 2.05) is 30.3 Å². The van der Waals surface area contributed by atoms with E-state index < -0.39 is 0 Å². The number of fused-ring (bicyclic) bond motifs is 1. The first-order valence-corrected chi connectivity index (χ1v) is 10.1. The van der Waals surface area contributed by atoms with Crippen molar-refractivity contribution in [3.8, 4) is 5.75 Å². The predicted molar refractivity (Wildman–Crippen MR) is 113 cm³/mol. The van der Waals surface area contributed by atoms with Crippen LogP contribution in [0, 0.1) is 0 Å². The number of para-hydroxylation sites is 1. The van der Waals surface area contributed by atoms with Crippen molar-refractivity contribution < 1.29 is 14.3 Å². The molecule has 0 aliphatic carbocycles. The maximum absolute atomic E-state index is 13.1. The van der Waals surface area contributed by atoms with Crippen molar-refractivity contribution in [2.75, 3.05) is 20.3 Å². The third kappa shape index (κ3) is 4.68. The van der Waals surface area contributed by atoms with Crippen molar-refractivity contribution in [2.24, 2.45) is 0 Å². The lowest BCUT2D eigenvalue weighted by Gasteiger charge is -2.25. The number of carbonyl (C=O) groups is 1. The number of nitrogens with one attached hydrogen (secondary N) is 1. The number of rotatable bonds is 7. The summed E-state index contributed by atoms with van der Waals surface area (Å²) in [7, 11) is 1.61. The Kier molecular flexibility index (Phi) is 6.09. The molecule has 1 aliphatic heterocycles. The van der Waals surface area contributed by atoms with Gasteiger partial charge in [-0.25, -0.2) is 4.98 Å². The Labute approximate surface area is 174 Å². The molecule has 7 heteroatoms.